The third kappa shape index (κ3) is 4.11. The van der Waals surface area contributed by atoms with Crippen molar-refractivity contribution in [1.82, 2.24) is 0 Å². The number of carbonyl (C=O) groups excluding carboxylic acids is 2. The lowest BCUT2D eigenvalue weighted by molar-refractivity contribution is -0.384. The van der Waals surface area contributed by atoms with Gasteiger partial charge in [0.05, 0.1) is 43.1 Å². The Labute approximate surface area is 160 Å². The number of rotatable bonds is 7. The van der Waals surface area contributed by atoms with E-state index in [-0.39, 0.29) is 34.0 Å². The van der Waals surface area contributed by atoms with Crippen LogP contribution in [0.1, 0.15) is 20.7 Å². The monoisotopic (exact) mass is 389 g/mol. The van der Waals surface area contributed by atoms with E-state index in [0.717, 1.165) is 6.07 Å². The molecule has 0 spiro atoms. The second-order valence-corrected chi connectivity index (χ2v) is 5.44. The fraction of sp³-hybridized carbons (Fsp3) is 0.222. The number of hydrogen-bond donors (Lipinski definition) is 2. The second-order valence-electron chi connectivity index (χ2n) is 5.44. The third-order valence-electron chi connectivity index (χ3n) is 3.91. The number of benzene rings is 2. The lowest BCUT2D eigenvalue weighted by Crippen LogP contribution is -2.17. The number of nitrogens with one attached hydrogen (secondary N) is 2. The molecule has 0 aliphatic heterocycles. The van der Waals surface area contributed by atoms with E-state index in [4.69, 9.17) is 14.2 Å². The molecular weight excluding hydrogens is 370 g/mol. The summed E-state index contributed by atoms with van der Waals surface area (Å²) < 4.78 is 15.1. The number of nitro groups is 1. The number of anilines is 2. The lowest BCUT2D eigenvalue weighted by atomic mass is 10.1. The smallest absolute Gasteiger partial charge is 0.340 e. The zero-order valence-corrected chi connectivity index (χ0v) is 15.7. The Hall–Kier alpha value is -3.82. The summed E-state index contributed by atoms with van der Waals surface area (Å²) in [7, 11) is 5.58. The van der Waals surface area contributed by atoms with Gasteiger partial charge in [-0.25, -0.2) is 4.79 Å². The maximum absolute atomic E-state index is 12.8. The highest BCUT2D eigenvalue weighted by Crippen LogP contribution is 2.34. The molecule has 0 saturated carbocycles. The van der Waals surface area contributed by atoms with Crippen molar-refractivity contribution in [3.05, 3.63) is 51.6 Å². The van der Waals surface area contributed by atoms with E-state index < -0.39 is 16.8 Å². The van der Waals surface area contributed by atoms with Crippen LogP contribution in [0, 0.1) is 10.1 Å². The molecule has 1 amide bonds. The van der Waals surface area contributed by atoms with Crippen molar-refractivity contribution in [3.8, 4) is 11.5 Å². The molecular formula is C18H19N3O7. The van der Waals surface area contributed by atoms with E-state index >= 15 is 0 Å². The predicted octanol–water partition coefficient (Wildman–Crippen LogP) is 2.69. The fourth-order valence-electron chi connectivity index (χ4n) is 2.50. The topological polar surface area (TPSA) is 129 Å². The van der Waals surface area contributed by atoms with Crippen LogP contribution in [0.5, 0.6) is 11.5 Å². The summed E-state index contributed by atoms with van der Waals surface area (Å²) >= 11 is 0. The van der Waals surface area contributed by atoms with Crippen LogP contribution in [0.2, 0.25) is 0 Å². The molecule has 148 valence electrons. The largest absolute Gasteiger partial charge is 0.493 e. The summed E-state index contributed by atoms with van der Waals surface area (Å²) in [5.41, 5.74) is 0.295. The highest BCUT2D eigenvalue weighted by atomic mass is 16.6. The molecule has 0 aliphatic carbocycles. The first-order valence-corrected chi connectivity index (χ1v) is 7.98. The van der Waals surface area contributed by atoms with Crippen LogP contribution in [0.25, 0.3) is 0 Å². The number of methoxy groups -OCH3 is 3. The van der Waals surface area contributed by atoms with Gasteiger partial charge < -0.3 is 24.8 Å². The number of hydrogen-bond acceptors (Lipinski definition) is 8. The van der Waals surface area contributed by atoms with Crippen molar-refractivity contribution in [2.24, 2.45) is 0 Å². The van der Waals surface area contributed by atoms with E-state index in [1.54, 1.807) is 7.05 Å². The first-order valence-electron chi connectivity index (χ1n) is 7.98. The van der Waals surface area contributed by atoms with Gasteiger partial charge in [0.2, 0.25) is 0 Å². The molecule has 2 N–H and O–H groups in total. The maximum atomic E-state index is 12.8. The highest BCUT2D eigenvalue weighted by molar-refractivity contribution is 6.11. The first kappa shape index (κ1) is 20.5. The minimum Gasteiger partial charge on any atom is -0.493 e. The van der Waals surface area contributed by atoms with Crippen molar-refractivity contribution < 1.29 is 28.7 Å². The molecule has 0 saturated heterocycles. The van der Waals surface area contributed by atoms with Gasteiger partial charge >= 0.3 is 5.97 Å². The Morgan fingerprint density at radius 3 is 2.14 bits per heavy atom. The molecule has 0 unspecified atom stereocenters. The number of carbonyl (C=O) groups is 2. The zero-order valence-electron chi connectivity index (χ0n) is 15.7. The van der Waals surface area contributed by atoms with Gasteiger partial charge in [-0.15, -0.1) is 0 Å². The molecule has 10 nitrogen and oxygen atoms in total. The van der Waals surface area contributed by atoms with Crippen LogP contribution in [0.15, 0.2) is 30.3 Å². The molecule has 0 bridgehead atoms. The van der Waals surface area contributed by atoms with E-state index in [1.165, 1.54) is 45.6 Å². The number of nitrogens with zero attached hydrogens (tertiary/aromatic N) is 1. The molecule has 0 atom stereocenters. The van der Waals surface area contributed by atoms with Crippen molar-refractivity contribution in [3.63, 3.8) is 0 Å². The van der Waals surface area contributed by atoms with Gasteiger partial charge in [0.1, 0.15) is 0 Å². The van der Waals surface area contributed by atoms with Crippen LogP contribution in [0.3, 0.4) is 0 Å². The van der Waals surface area contributed by atoms with Crippen molar-refractivity contribution in [2.45, 2.75) is 0 Å². The number of non-ortho nitro benzene ring substituents is 1. The summed E-state index contributed by atoms with van der Waals surface area (Å²) in [5.74, 6) is -0.819. The van der Waals surface area contributed by atoms with E-state index in [1.807, 2.05) is 0 Å². The quantitative estimate of drug-likeness (QED) is 0.420. The van der Waals surface area contributed by atoms with Crippen molar-refractivity contribution in [2.75, 3.05) is 39.0 Å². The lowest BCUT2D eigenvalue weighted by Gasteiger charge is -2.15. The summed E-state index contributed by atoms with van der Waals surface area (Å²) in [4.78, 5) is 35.3. The highest BCUT2D eigenvalue weighted by Gasteiger charge is 2.22. The van der Waals surface area contributed by atoms with E-state index in [2.05, 4.69) is 10.6 Å². The van der Waals surface area contributed by atoms with E-state index in [0.29, 0.717) is 5.69 Å². The molecule has 10 heteroatoms. The Bertz CT molecular complexity index is 928. The van der Waals surface area contributed by atoms with Gasteiger partial charge in [-0.05, 0) is 6.07 Å². The Morgan fingerprint density at radius 1 is 0.964 bits per heavy atom. The van der Waals surface area contributed by atoms with Crippen LogP contribution >= 0.6 is 0 Å². The van der Waals surface area contributed by atoms with Crippen LogP contribution in [-0.2, 0) is 4.74 Å². The van der Waals surface area contributed by atoms with Crippen molar-refractivity contribution >= 4 is 28.9 Å². The van der Waals surface area contributed by atoms with Gasteiger partial charge in [-0.1, -0.05) is 0 Å². The van der Waals surface area contributed by atoms with E-state index in [9.17, 15) is 19.7 Å². The molecule has 2 aromatic carbocycles. The first-order chi connectivity index (χ1) is 13.4. The molecule has 0 fully saturated rings. The Balaban J connectivity index is 2.52. The molecule has 0 aromatic heterocycles. The van der Waals surface area contributed by atoms with Crippen LogP contribution < -0.4 is 20.1 Å². The number of ether oxygens (including phenoxy) is 3. The van der Waals surface area contributed by atoms with Gasteiger partial charge in [0.25, 0.3) is 11.6 Å². The molecule has 2 rings (SSSR count). The third-order valence-corrected chi connectivity index (χ3v) is 3.91. The number of amides is 1. The minimum absolute atomic E-state index is 0.0299. The molecule has 2 aromatic rings. The Morgan fingerprint density at radius 2 is 1.61 bits per heavy atom. The predicted molar refractivity (Wildman–Crippen MR) is 101 cm³/mol. The minimum atomic E-state index is -0.705. The molecule has 28 heavy (non-hydrogen) atoms. The van der Waals surface area contributed by atoms with Crippen molar-refractivity contribution in [1.29, 1.82) is 0 Å². The summed E-state index contributed by atoms with van der Waals surface area (Å²) in [5, 5.41) is 16.4. The fourth-order valence-corrected chi connectivity index (χ4v) is 2.50. The second kappa shape index (κ2) is 8.71. The number of esters is 1. The zero-order chi connectivity index (χ0) is 20.8. The van der Waals surface area contributed by atoms with Gasteiger partial charge in [-0.2, -0.15) is 0 Å². The Kier molecular flexibility index (Phi) is 6.38. The standard InChI is InChI=1S/C18H19N3O7/c1-19-13-6-5-10(21(24)25)7-11(13)17(22)20-14-9-16(27-3)15(26-2)8-12(14)18(23)28-4/h5-9,19H,1-4H3,(H,20,22). The normalized spacial score (nSPS) is 10.0. The average molecular weight is 389 g/mol. The van der Waals surface area contributed by atoms with Gasteiger partial charge in [-0.3, -0.25) is 14.9 Å². The van der Waals surface area contributed by atoms with Crippen LogP contribution in [-0.4, -0.2) is 45.2 Å². The SMILES string of the molecule is CNc1ccc([N+](=O)[O-])cc1C(=O)Nc1cc(OC)c(OC)cc1C(=O)OC. The summed E-state index contributed by atoms with van der Waals surface area (Å²) in [6.07, 6.45) is 0. The summed E-state index contributed by atoms with van der Waals surface area (Å²) in [6.45, 7) is 0. The van der Waals surface area contributed by atoms with Crippen LogP contribution in [0.4, 0.5) is 17.1 Å². The van der Waals surface area contributed by atoms with Gasteiger partial charge in [0.15, 0.2) is 11.5 Å². The maximum Gasteiger partial charge on any atom is 0.340 e. The molecule has 0 radical (unpaired) electrons. The van der Waals surface area contributed by atoms with Gasteiger partial charge in [0, 0.05) is 37.0 Å². The molecule has 0 aliphatic rings. The summed E-state index contributed by atoms with van der Waals surface area (Å²) in [6, 6.07) is 6.60. The average Bonchev–Trinajstić information content (AvgIpc) is 2.71. The number of nitro benzene ring substituents is 1. The molecule has 0 heterocycles.